The third-order valence-electron chi connectivity index (χ3n) is 3.05. The first kappa shape index (κ1) is 17.2. The molecule has 0 bridgehead atoms. The Hall–Kier alpha value is -1.85. The number of aryl methyl sites for hydroxylation is 1. The number of nitrogens with one attached hydrogen (secondary N) is 1. The Kier molecular flexibility index (Phi) is 5.93. The van der Waals surface area contributed by atoms with Crippen LogP contribution >= 0.6 is 0 Å². The highest BCUT2D eigenvalue weighted by atomic mass is 16.5. The molecule has 1 aromatic rings. The molecule has 1 atom stereocenters. The zero-order chi connectivity index (χ0) is 16.0. The first-order valence-corrected chi connectivity index (χ1v) is 7.19. The Morgan fingerprint density at radius 1 is 1.43 bits per heavy atom. The lowest BCUT2D eigenvalue weighted by molar-refractivity contribution is -0.156. The van der Waals surface area contributed by atoms with Gasteiger partial charge < -0.3 is 10.1 Å². The van der Waals surface area contributed by atoms with Crippen molar-refractivity contribution < 1.29 is 14.3 Å². The van der Waals surface area contributed by atoms with Crippen molar-refractivity contribution in [2.45, 2.75) is 41.2 Å². The van der Waals surface area contributed by atoms with Gasteiger partial charge in [0.1, 0.15) is 5.92 Å². The van der Waals surface area contributed by atoms with Crippen LogP contribution in [-0.2, 0) is 20.9 Å². The standard InChI is InChI=1S/C15H25N3O3/c1-6-21-14(20)12(15(3,4)5)13(19)16-7-8-18-10-11(2)9-17-18/h9-10,12H,6-8H2,1-5H3,(H,16,19). The van der Waals surface area contributed by atoms with Gasteiger partial charge in [-0.05, 0) is 24.8 Å². The molecule has 1 unspecified atom stereocenters. The van der Waals surface area contributed by atoms with Gasteiger partial charge in [0, 0.05) is 12.7 Å². The number of hydrogen-bond acceptors (Lipinski definition) is 4. The largest absolute Gasteiger partial charge is 0.465 e. The summed E-state index contributed by atoms with van der Waals surface area (Å²) >= 11 is 0. The molecule has 118 valence electrons. The fraction of sp³-hybridized carbons (Fsp3) is 0.667. The van der Waals surface area contributed by atoms with Crippen LogP contribution in [0.1, 0.15) is 33.3 Å². The second-order valence-corrected chi connectivity index (χ2v) is 6.12. The predicted octanol–water partition coefficient (Wildman–Crippen LogP) is 1.53. The number of carbonyl (C=O) groups is 2. The highest BCUT2D eigenvalue weighted by molar-refractivity contribution is 5.98. The van der Waals surface area contributed by atoms with Gasteiger partial charge >= 0.3 is 5.97 Å². The van der Waals surface area contributed by atoms with Gasteiger partial charge in [-0.2, -0.15) is 5.10 Å². The Bertz CT molecular complexity index is 489. The smallest absolute Gasteiger partial charge is 0.319 e. The second-order valence-electron chi connectivity index (χ2n) is 6.12. The summed E-state index contributed by atoms with van der Waals surface area (Å²) in [6, 6.07) is 0. The Balaban J connectivity index is 2.58. The number of amides is 1. The van der Waals surface area contributed by atoms with Gasteiger partial charge in [0.15, 0.2) is 0 Å². The van der Waals surface area contributed by atoms with Crippen LogP contribution in [0.5, 0.6) is 0 Å². The quantitative estimate of drug-likeness (QED) is 0.638. The number of nitrogens with zero attached hydrogens (tertiary/aromatic N) is 2. The van der Waals surface area contributed by atoms with Crippen LogP contribution in [0.15, 0.2) is 12.4 Å². The molecule has 0 spiro atoms. The van der Waals surface area contributed by atoms with E-state index in [4.69, 9.17) is 4.74 Å². The molecule has 0 aliphatic carbocycles. The normalized spacial score (nSPS) is 12.8. The van der Waals surface area contributed by atoms with Gasteiger partial charge in [0.25, 0.3) is 0 Å². The predicted molar refractivity (Wildman–Crippen MR) is 79.6 cm³/mol. The Morgan fingerprint density at radius 3 is 2.57 bits per heavy atom. The lowest BCUT2D eigenvalue weighted by Gasteiger charge is -2.27. The Morgan fingerprint density at radius 2 is 2.10 bits per heavy atom. The van der Waals surface area contributed by atoms with Crippen molar-refractivity contribution in [2.24, 2.45) is 11.3 Å². The van der Waals surface area contributed by atoms with Crippen LogP contribution in [0.3, 0.4) is 0 Å². The van der Waals surface area contributed by atoms with Crippen molar-refractivity contribution in [3.05, 3.63) is 18.0 Å². The first-order valence-electron chi connectivity index (χ1n) is 7.19. The maximum atomic E-state index is 12.3. The van der Waals surface area contributed by atoms with Crippen LogP contribution in [-0.4, -0.2) is 34.8 Å². The minimum Gasteiger partial charge on any atom is -0.465 e. The van der Waals surface area contributed by atoms with E-state index in [0.717, 1.165) is 5.56 Å². The summed E-state index contributed by atoms with van der Waals surface area (Å²) in [5, 5.41) is 6.93. The molecular formula is C15H25N3O3. The van der Waals surface area contributed by atoms with Crippen LogP contribution < -0.4 is 5.32 Å². The molecule has 0 aromatic carbocycles. The number of hydrogen-bond donors (Lipinski definition) is 1. The van der Waals surface area contributed by atoms with E-state index in [0.29, 0.717) is 13.1 Å². The number of aromatic nitrogens is 2. The molecule has 0 saturated carbocycles. The highest BCUT2D eigenvalue weighted by Crippen LogP contribution is 2.27. The van der Waals surface area contributed by atoms with Crippen molar-refractivity contribution in [1.82, 2.24) is 15.1 Å². The summed E-state index contributed by atoms with van der Waals surface area (Å²) in [6.45, 7) is 10.5. The summed E-state index contributed by atoms with van der Waals surface area (Å²) in [5.74, 6) is -1.58. The third-order valence-corrected chi connectivity index (χ3v) is 3.05. The maximum Gasteiger partial charge on any atom is 0.319 e. The molecule has 6 heteroatoms. The van der Waals surface area contributed by atoms with E-state index in [-0.39, 0.29) is 12.5 Å². The molecule has 21 heavy (non-hydrogen) atoms. The lowest BCUT2D eigenvalue weighted by Crippen LogP contribution is -2.44. The summed E-state index contributed by atoms with van der Waals surface area (Å²) < 4.78 is 6.76. The molecular weight excluding hydrogens is 270 g/mol. The van der Waals surface area contributed by atoms with E-state index in [9.17, 15) is 9.59 Å². The zero-order valence-corrected chi connectivity index (χ0v) is 13.5. The molecule has 0 radical (unpaired) electrons. The number of ether oxygens (including phenoxy) is 1. The molecule has 1 aromatic heterocycles. The summed E-state index contributed by atoms with van der Waals surface area (Å²) in [4.78, 5) is 24.2. The monoisotopic (exact) mass is 295 g/mol. The summed E-state index contributed by atoms with van der Waals surface area (Å²) in [7, 11) is 0. The van der Waals surface area contributed by atoms with E-state index in [1.54, 1.807) is 17.8 Å². The number of rotatable bonds is 6. The molecule has 0 saturated heterocycles. The lowest BCUT2D eigenvalue weighted by atomic mass is 9.80. The molecule has 1 N–H and O–H groups in total. The maximum absolute atomic E-state index is 12.3. The topological polar surface area (TPSA) is 73.2 Å². The van der Waals surface area contributed by atoms with Crippen LogP contribution in [0, 0.1) is 18.3 Å². The van der Waals surface area contributed by atoms with Gasteiger partial charge in [-0.25, -0.2) is 0 Å². The van der Waals surface area contributed by atoms with E-state index < -0.39 is 17.3 Å². The fourth-order valence-electron chi connectivity index (χ4n) is 2.06. The Labute approximate surface area is 125 Å². The molecule has 0 aliphatic heterocycles. The molecule has 1 heterocycles. The average Bonchev–Trinajstić information content (AvgIpc) is 2.73. The second kappa shape index (κ2) is 7.24. The van der Waals surface area contributed by atoms with E-state index in [1.807, 2.05) is 33.9 Å². The molecule has 0 fully saturated rings. The van der Waals surface area contributed by atoms with Crippen molar-refractivity contribution >= 4 is 11.9 Å². The average molecular weight is 295 g/mol. The van der Waals surface area contributed by atoms with Crippen molar-refractivity contribution in [2.75, 3.05) is 13.2 Å². The van der Waals surface area contributed by atoms with Gasteiger partial charge in [-0.1, -0.05) is 20.8 Å². The highest BCUT2D eigenvalue weighted by Gasteiger charge is 2.38. The number of esters is 1. The van der Waals surface area contributed by atoms with E-state index >= 15 is 0 Å². The van der Waals surface area contributed by atoms with E-state index in [2.05, 4.69) is 10.4 Å². The molecule has 6 nitrogen and oxygen atoms in total. The van der Waals surface area contributed by atoms with Crippen molar-refractivity contribution in [1.29, 1.82) is 0 Å². The summed E-state index contributed by atoms with van der Waals surface area (Å²) in [5.41, 5.74) is 0.582. The fourth-order valence-corrected chi connectivity index (χ4v) is 2.06. The minimum absolute atomic E-state index is 0.269. The molecule has 1 rings (SSSR count). The van der Waals surface area contributed by atoms with Gasteiger partial charge in [0.05, 0.1) is 19.3 Å². The van der Waals surface area contributed by atoms with Gasteiger partial charge in [0.2, 0.25) is 5.91 Å². The summed E-state index contributed by atoms with van der Waals surface area (Å²) in [6.07, 6.45) is 3.66. The zero-order valence-electron chi connectivity index (χ0n) is 13.5. The first-order chi connectivity index (χ1) is 9.75. The molecule has 1 amide bonds. The van der Waals surface area contributed by atoms with Gasteiger partial charge in [-0.3, -0.25) is 14.3 Å². The van der Waals surface area contributed by atoms with Crippen molar-refractivity contribution in [3.8, 4) is 0 Å². The number of carbonyl (C=O) groups excluding carboxylic acids is 2. The van der Waals surface area contributed by atoms with Crippen molar-refractivity contribution in [3.63, 3.8) is 0 Å². The van der Waals surface area contributed by atoms with Crippen LogP contribution in [0.25, 0.3) is 0 Å². The third kappa shape index (κ3) is 5.21. The van der Waals surface area contributed by atoms with Crippen LogP contribution in [0.2, 0.25) is 0 Å². The van der Waals surface area contributed by atoms with Crippen LogP contribution in [0.4, 0.5) is 0 Å². The SMILES string of the molecule is CCOC(=O)C(C(=O)NCCn1cc(C)cn1)C(C)(C)C. The van der Waals surface area contributed by atoms with Gasteiger partial charge in [-0.15, -0.1) is 0 Å². The van der Waals surface area contributed by atoms with E-state index in [1.165, 1.54) is 0 Å². The molecule has 0 aliphatic rings. The minimum atomic E-state index is -0.809.